The number of rotatable bonds is 6. The molecule has 5 nitrogen and oxygen atoms in total. The first-order chi connectivity index (χ1) is 8.13. The maximum atomic E-state index is 11.6. The first kappa shape index (κ1) is 14.0. The Morgan fingerprint density at radius 2 is 1.88 bits per heavy atom. The fourth-order valence-corrected chi connectivity index (χ4v) is 1.79. The van der Waals surface area contributed by atoms with Gasteiger partial charge in [-0.3, -0.25) is 14.9 Å². The number of nitrogens with zero attached hydrogens (tertiary/aromatic N) is 1. The molecule has 98 valence electrons. The second-order valence-corrected chi connectivity index (χ2v) is 4.57. The second-order valence-electron chi connectivity index (χ2n) is 4.57. The Labute approximate surface area is 103 Å². The fraction of sp³-hybridized carbons (Fsp3) is 0.833. The van der Waals surface area contributed by atoms with Crippen LogP contribution in [0.25, 0.3) is 0 Å². The molecular weight excluding hydrogens is 218 g/mol. The zero-order valence-corrected chi connectivity index (χ0v) is 10.8. The van der Waals surface area contributed by atoms with Gasteiger partial charge in [0.15, 0.2) is 0 Å². The Balaban J connectivity index is 2.10. The van der Waals surface area contributed by atoms with Gasteiger partial charge in [0, 0.05) is 19.1 Å². The van der Waals surface area contributed by atoms with Crippen LogP contribution in [0.2, 0.25) is 0 Å². The van der Waals surface area contributed by atoms with Gasteiger partial charge in [-0.2, -0.15) is 0 Å². The first-order valence-corrected chi connectivity index (χ1v) is 6.41. The maximum Gasteiger partial charge on any atom is 0.236 e. The molecular formula is C12H23N3O2. The molecule has 0 aliphatic carbocycles. The molecule has 1 fully saturated rings. The number of nitrogens with one attached hydrogen (secondary N) is 2. The van der Waals surface area contributed by atoms with E-state index in [1.165, 1.54) is 0 Å². The molecule has 0 aromatic carbocycles. The molecule has 0 bridgehead atoms. The van der Waals surface area contributed by atoms with Gasteiger partial charge < -0.3 is 10.2 Å². The molecule has 17 heavy (non-hydrogen) atoms. The van der Waals surface area contributed by atoms with E-state index in [4.69, 9.17) is 0 Å². The minimum atomic E-state index is -0.0476. The van der Waals surface area contributed by atoms with E-state index in [1.807, 2.05) is 18.7 Å². The highest BCUT2D eigenvalue weighted by molar-refractivity contribution is 5.81. The van der Waals surface area contributed by atoms with Crippen LogP contribution in [0.5, 0.6) is 0 Å². The Morgan fingerprint density at radius 1 is 1.24 bits per heavy atom. The van der Waals surface area contributed by atoms with Gasteiger partial charge >= 0.3 is 0 Å². The maximum absolute atomic E-state index is 11.6. The third kappa shape index (κ3) is 5.17. The minimum Gasteiger partial charge on any atom is -0.353 e. The van der Waals surface area contributed by atoms with E-state index < -0.39 is 0 Å². The van der Waals surface area contributed by atoms with E-state index in [9.17, 15) is 9.59 Å². The lowest BCUT2D eigenvalue weighted by atomic mass is 10.2. The van der Waals surface area contributed by atoms with Gasteiger partial charge in [-0.25, -0.2) is 0 Å². The van der Waals surface area contributed by atoms with E-state index >= 15 is 0 Å². The van der Waals surface area contributed by atoms with E-state index in [0.717, 1.165) is 32.4 Å². The summed E-state index contributed by atoms with van der Waals surface area (Å²) in [6.45, 7) is 6.18. The summed E-state index contributed by atoms with van der Waals surface area (Å²) in [6.07, 6.45) is 3.11. The zero-order valence-electron chi connectivity index (χ0n) is 10.8. The number of hydrogen-bond acceptors (Lipinski definition) is 3. The van der Waals surface area contributed by atoms with Crippen molar-refractivity contribution < 1.29 is 9.59 Å². The van der Waals surface area contributed by atoms with Gasteiger partial charge in [-0.15, -0.1) is 0 Å². The Bertz CT molecular complexity index is 262. The van der Waals surface area contributed by atoms with Crippen LogP contribution in [0.4, 0.5) is 0 Å². The van der Waals surface area contributed by atoms with Crippen LogP contribution in [0.1, 0.15) is 33.1 Å². The summed E-state index contributed by atoms with van der Waals surface area (Å²) in [5.41, 5.74) is 0. The number of hydrogen-bond donors (Lipinski definition) is 2. The molecule has 0 aromatic heterocycles. The third-order valence-corrected chi connectivity index (χ3v) is 3.04. The predicted octanol–water partition coefficient (Wildman–Crippen LogP) is 0.113. The van der Waals surface area contributed by atoms with Gasteiger partial charge in [0.05, 0.1) is 13.1 Å². The van der Waals surface area contributed by atoms with Gasteiger partial charge in [-0.05, 0) is 26.2 Å². The van der Waals surface area contributed by atoms with Crippen LogP contribution < -0.4 is 10.6 Å². The largest absolute Gasteiger partial charge is 0.353 e. The summed E-state index contributed by atoms with van der Waals surface area (Å²) in [5, 5.41) is 5.73. The number of likely N-dealkylation sites (tertiary alicyclic amines) is 1. The van der Waals surface area contributed by atoms with Crippen LogP contribution in [0.15, 0.2) is 0 Å². The van der Waals surface area contributed by atoms with E-state index in [2.05, 4.69) is 10.6 Å². The van der Waals surface area contributed by atoms with Gasteiger partial charge in [0.25, 0.3) is 0 Å². The van der Waals surface area contributed by atoms with Crippen molar-refractivity contribution in [3.8, 4) is 0 Å². The molecule has 2 N–H and O–H groups in total. The molecule has 1 aliphatic heterocycles. The molecule has 1 heterocycles. The summed E-state index contributed by atoms with van der Waals surface area (Å²) < 4.78 is 0. The van der Waals surface area contributed by atoms with Crippen LogP contribution in [-0.4, -0.2) is 48.9 Å². The van der Waals surface area contributed by atoms with Crippen molar-refractivity contribution in [2.24, 2.45) is 0 Å². The number of carbonyl (C=O) groups excluding carboxylic acids is 2. The van der Waals surface area contributed by atoms with Crippen molar-refractivity contribution in [3.05, 3.63) is 0 Å². The minimum absolute atomic E-state index is 0.0476. The SMILES string of the molecule is CCC(C)NC(=O)CNCC(=O)N1CCCC1. The molecule has 5 heteroatoms. The summed E-state index contributed by atoms with van der Waals surface area (Å²) in [5.74, 6) is 0.0485. The second kappa shape index (κ2) is 7.27. The monoisotopic (exact) mass is 241 g/mol. The van der Waals surface area contributed by atoms with Gasteiger partial charge in [0.1, 0.15) is 0 Å². The number of carbonyl (C=O) groups is 2. The summed E-state index contributed by atoms with van der Waals surface area (Å²) in [6, 6.07) is 0.193. The van der Waals surface area contributed by atoms with Crippen molar-refractivity contribution in [2.45, 2.75) is 39.2 Å². The average molecular weight is 241 g/mol. The van der Waals surface area contributed by atoms with Crippen molar-refractivity contribution in [3.63, 3.8) is 0 Å². The predicted molar refractivity (Wildman–Crippen MR) is 66.6 cm³/mol. The Hall–Kier alpha value is -1.10. The van der Waals surface area contributed by atoms with Crippen LogP contribution in [-0.2, 0) is 9.59 Å². The van der Waals surface area contributed by atoms with Crippen LogP contribution in [0, 0.1) is 0 Å². The molecule has 1 rings (SSSR count). The lowest BCUT2D eigenvalue weighted by Gasteiger charge is -2.16. The van der Waals surface area contributed by atoms with Crippen molar-refractivity contribution >= 4 is 11.8 Å². The van der Waals surface area contributed by atoms with E-state index in [-0.39, 0.29) is 30.9 Å². The number of amides is 2. The Morgan fingerprint density at radius 3 is 2.47 bits per heavy atom. The quantitative estimate of drug-likeness (QED) is 0.694. The standard InChI is InChI=1S/C12H23N3O2/c1-3-10(2)14-11(16)8-13-9-12(17)15-6-4-5-7-15/h10,13H,3-9H2,1-2H3,(H,14,16). The molecule has 2 amide bonds. The molecule has 0 spiro atoms. The van der Waals surface area contributed by atoms with E-state index in [1.54, 1.807) is 0 Å². The van der Waals surface area contributed by atoms with E-state index in [0.29, 0.717) is 0 Å². The normalized spacial score (nSPS) is 16.9. The molecule has 1 unspecified atom stereocenters. The highest BCUT2D eigenvalue weighted by Gasteiger charge is 2.17. The average Bonchev–Trinajstić information content (AvgIpc) is 2.82. The first-order valence-electron chi connectivity index (χ1n) is 6.41. The molecule has 0 radical (unpaired) electrons. The molecule has 0 aromatic rings. The molecule has 0 saturated carbocycles. The van der Waals surface area contributed by atoms with Crippen LogP contribution >= 0.6 is 0 Å². The summed E-state index contributed by atoms with van der Waals surface area (Å²) >= 11 is 0. The molecule has 1 aliphatic rings. The lowest BCUT2D eigenvalue weighted by molar-refractivity contribution is -0.129. The van der Waals surface area contributed by atoms with Crippen molar-refractivity contribution in [1.29, 1.82) is 0 Å². The topological polar surface area (TPSA) is 61.4 Å². The Kier molecular flexibility index (Phi) is 5.97. The third-order valence-electron chi connectivity index (χ3n) is 3.04. The highest BCUT2D eigenvalue weighted by atomic mass is 16.2. The summed E-state index contributed by atoms with van der Waals surface area (Å²) in [4.78, 5) is 24.9. The summed E-state index contributed by atoms with van der Waals surface area (Å²) in [7, 11) is 0. The lowest BCUT2D eigenvalue weighted by Crippen LogP contribution is -2.42. The molecule has 1 saturated heterocycles. The zero-order chi connectivity index (χ0) is 12.7. The highest BCUT2D eigenvalue weighted by Crippen LogP contribution is 2.06. The van der Waals surface area contributed by atoms with Crippen LogP contribution in [0.3, 0.4) is 0 Å². The van der Waals surface area contributed by atoms with Gasteiger partial charge in [-0.1, -0.05) is 6.92 Å². The van der Waals surface area contributed by atoms with Crippen molar-refractivity contribution in [1.82, 2.24) is 15.5 Å². The van der Waals surface area contributed by atoms with Gasteiger partial charge in [0.2, 0.25) is 11.8 Å². The smallest absolute Gasteiger partial charge is 0.236 e. The fourth-order valence-electron chi connectivity index (χ4n) is 1.79. The van der Waals surface area contributed by atoms with Crippen molar-refractivity contribution in [2.75, 3.05) is 26.2 Å². The molecule has 1 atom stereocenters.